The fourth-order valence-corrected chi connectivity index (χ4v) is 1.36. The van der Waals surface area contributed by atoms with Crippen molar-refractivity contribution in [3.63, 3.8) is 0 Å². The quantitative estimate of drug-likeness (QED) is 0.472. The Labute approximate surface area is 108 Å². The van der Waals surface area contributed by atoms with Gasteiger partial charge < -0.3 is 15.2 Å². The van der Waals surface area contributed by atoms with Gasteiger partial charge >= 0.3 is 5.97 Å². The molecule has 1 aromatic rings. The van der Waals surface area contributed by atoms with Crippen molar-refractivity contribution in [1.82, 2.24) is 0 Å². The number of methoxy groups -OCH3 is 1. The van der Waals surface area contributed by atoms with E-state index in [1.54, 1.807) is 0 Å². The molecule has 2 N–H and O–H groups in total. The fraction of sp³-hybridized carbons (Fsp3) is 0.364. The highest BCUT2D eigenvalue weighted by Gasteiger charge is 2.32. The SMILES string of the molecule is COC(=O)[C@](C)(O)CNc1ccc(F)cc1[N+](=O)[O-]. The minimum Gasteiger partial charge on any atom is -0.467 e. The molecule has 1 rings (SSSR count). The smallest absolute Gasteiger partial charge is 0.339 e. The predicted octanol–water partition coefficient (Wildman–Crippen LogP) is 1.07. The molecule has 8 heteroatoms. The number of benzene rings is 1. The lowest BCUT2D eigenvalue weighted by Crippen LogP contribution is -2.42. The van der Waals surface area contributed by atoms with Gasteiger partial charge in [0.25, 0.3) is 5.69 Å². The highest BCUT2D eigenvalue weighted by atomic mass is 19.1. The van der Waals surface area contributed by atoms with Crippen LogP contribution < -0.4 is 5.32 Å². The van der Waals surface area contributed by atoms with Crippen LogP contribution in [0.2, 0.25) is 0 Å². The molecule has 1 atom stereocenters. The second-order valence-corrected chi connectivity index (χ2v) is 4.04. The third kappa shape index (κ3) is 3.62. The summed E-state index contributed by atoms with van der Waals surface area (Å²) in [5, 5.41) is 23.0. The Balaban J connectivity index is 2.89. The number of carbonyl (C=O) groups excluding carboxylic acids is 1. The van der Waals surface area contributed by atoms with Gasteiger partial charge in [0, 0.05) is 0 Å². The molecule has 0 aliphatic heterocycles. The summed E-state index contributed by atoms with van der Waals surface area (Å²) in [6.45, 7) is 0.882. The number of nitro groups is 1. The van der Waals surface area contributed by atoms with E-state index >= 15 is 0 Å². The van der Waals surface area contributed by atoms with Gasteiger partial charge in [0.15, 0.2) is 5.60 Å². The lowest BCUT2D eigenvalue weighted by Gasteiger charge is -2.21. The van der Waals surface area contributed by atoms with Crippen molar-refractivity contribution >= 4 is 17.3 Å². The fourth-order valence-electron chi connectivity index (χ4n) is 1.36. The molecule has 104 valence electrons. The van der Waals surface area contributed by atoms with Gasteiger partial charge in [-0.2, -0.15) is 0 Å². The van der Waals surface area contributed by atoms with Crippen molar-refractivity contribution in [2.45, 2.75) is 12.5 Å². The van der Waals surface area contributed by atoms with Crippen LogP contribution in [-0.2, 0) is 9.53 Å². The molecule has 0 spiro atoms. The number of esters is 1. The Bertz CT molecular complexity index is 504. The van der Waals surface area contributed by atoms with E-state index in [2.05, 4.69) is 10.1 Å². The van der Waals surface area contributed by atoms with E-state index in [-0.39, 0.29) is 12.2 Å². The zero-order chi connectivity index (χ0) is 14.6. The second-order valence-electron chi connectivity index (χ2n) is 4.04. The van der Waals surface area contributed by atoms with E-state index in [0.29, 0.717) is 0 Å². The normalized spacial score (nSPS) is 13.5. The molecule has 1 aromatic carbocycles. The van der Waals surface area contributed by atoms with Crippen LogP contribution in [-0.4, -0.2) is 35.3 Å². The van der Waals surface area contributed by atoms with Crippen molar-refractivity contribution in [2.75, 3.05) is 19.0 Å². The van der Waals surface area contributed by atoms with Gasteiger partial charge in [-0.05, 0) is 19.1 Å². The summed E-state index contributed by atoms with van der Waals surface area (Å²) < 4.78 is 17.3. The Morgan fingerprint density at radius 1 is 1.63 bits per heavy atom. The second kappa shape index (κ2) is 5.61. The molecule has 0 amide bonds. The molecule has 7 nitrogen and oxygen atoms in total. The zero-order valence-electron chi connectivity index (χ0n) is 10.3. The monoisotopic (exact) mass is 272 g/mol. The molecule has 0 bridgehead atoms. The summed E-state index contributed by atoms with van der Waals surface area (Å²) in [6.07, 6.45) is 0. The van der Waals surface area contributed by atoms with Gasteiger partial charge in [0.05, 0.1) is 24.6 Å². The summed E-state index contributed by atoms with van der Waals surface area (Å²) in [5.41, 5.74) is -2.34. The molecule has 0 saturated carbocycles. The van der Waals surface area contributed by atoms with E-state index in [0.717, 1.165) is 25.3 Å². The number of hydrogen-bond donors (Lipinski definition) is 2. The number of nitro benzene ring substituents is 1. The first kappa shape index (κ1) is 14.8. The van der Waals surface area contributed by atoms with Crippen LogP contribution in [0.5, 0.6) is 0 Å². The predicted molar refractivity (Wildman–Crippen MR) is 64.2 cm³/mol. The first-order chi connectivity index (χ1) is 8.77. The number of nitrogens with one attached hydrogen (secondary N) is 1. The highest BCUT2D eigenvalue weighted by molar-refractivity contribution is 5.79. The van der Waals surface area contributed by atoms with Crippen molar-refractivity contribution in [2.24, 2.45) is 0 Å². The number of ether oxygens (including phenoxy) is 1. The van der Waals surface area contributed by atoms with Gasteiger partial charge in [0.2, 0.25) is 0 Å². The Morgan fingerprint density at radius 3 is 2.79 bits per heavy atom. The van der Waals surface area contributed by atoms with Crippen molar-refractivity contribution in [3.8, 4) is 0 Å². The molecule has 0 heterocycles. The summed E-state index contributed by atoms with van der Waals surface area (Å²) in [5.74, 6) is -1.64. The van der Waals surface area contributed by atoms with Gasteiger partial charge in [-0.1, -0.05) is 0 Å². The van der Waals surface area contributed by atoms with E-state index in [4.69, 9.17) is 0 Å². The summed E-state index contributed by atoms with van der Waals surface area (Å²) in [6, 6.07) is 2.93. The molecule has 0 saturated heterocycles. The van der Waals surface area contributed by atoms with Gasteiger partial charge in [0.1, 0.15) is 11.5 Å². The topological polar surface area (TPSA) is 102 Å². The molecule has 0 aromatic heterocycles. The van der Waals surface area contributed by atoms with Crippen LogP contribution in [0.4, 0.5) is 15.8 Å². The van der Waals surface area contributed by atoms with Crippen LogP contribution >= 0.6 is 0 Å². The summed E-state index contributed by atoms with van der Waals surface area (Å²) in [4.78, 5) is 21.2. The minimum atomic E-state index is -1.85. The van der Waals surface area contributed by atoms with E-state index < -0.39 is 28.0 Å². The van der Waals surface area contributed by atoms with Crippen molar-refractivity contribution in [3.05, 3.63) is 34.1 Å². The zero-order valence-corrected chi connectivity index (χ0v) is 10.3. The van der Waals surface area contributed by atoms with Crippen LogP contribution in [0.15, 0.2) is 18.2 Å². The first-order valence-electron chi connectivity index (χ1n) is 5.26. The van der Waals surface area contributed by atoms with Crippen LogP contribution in [0.25, 0.3) is 0 Å². The maximum atomic E-state index is 12.9. The van der Waals surface area contributed by atoms with Crippen LogP contribution in [0, 0.1) is 15.9 Å². The average molecular weight is 272 g/mol. The molecule has 0 unspecified atom stereocenters. The lowest BCUT2D eigenvalue weighted by molar-refractivity contribution is -0.384. The van der Waals surface area contributed by atoms with Gasteiger partial charge in [-0.15, -0.1) is 0 Å². The number of aliphatic hydroxyl groups is 1. The maximum absolute atomic E-state index is 12.9. The molecule has 0 radical (unpaired) electrons. The lowest BCUT2D eigenvalue weighted by atomic mass is 10.1. The molecule has 19 heavy (non-hydrogen) atoms. The number of carbonyl (C=O) groups is 1. The Hall–Kier alpha value is -2.22. The highest BCUT2D eigenvalue weighted by Crippen LogP contribution is 2.25. The maximum Gasteiger partial charge on any atom is 0.339 e. The van der Waals surface area contributed by atoms with E-state index in [9.17, 15) is 24.4 Å². The average Bonchev–Trinajstić information content (AvgIpc) is 2.36. The Morgan fingerprint density at radius 2 is 2.26 bits per heavy atom. The standard InChI is InChI=1S/C11H13FN2O5/c1-11(16,10(15)19-2)6-13-8-4-3-7(12)5-9(8)14(17)18/h3-5,13,16H,6H2,1-2H3/t11-/m1/s1. The third-order valence-electron chi connectivity index (χ3n) is 2.40. The first-order valence-corrected chi connectivity index (χ1v) is 5.26. The largest absolute Gasteiger partial charge is 0.467 e. The molecule has 0 aliphatic rings. The number of rotatable bonds is 5. The molecular formula is C11H13FN2O5. The number of anilines is 1. The van der Waals surface area contributed by atoms with Crippen molar-refractivity contribution in [1.29, 1.82) is 0 Å². The van der Waals surface area contributed by atoms with E-state index in [1.165, 1.54) is 6.92 Å². The van der Waals surface area contributed by atoms with Crippen LogP contribution in [0.1, 0.15) is 6.92 Å². The molecular weight excluding hydrogens is 259 g/mol. The van der Waals surface area contributed by atoms with Gasteiger partial charge in [-0.3, -0.25) is 10.1 Å². The third-order valence-corrected chi connectivity index (χ3v) is 2.40. The van der Waals surface area contributed by atoms with Crippen LogP contribution in [0.3, 0.4) is 0 Å². The van der Waals surface area contributed by atoms with Gasteiger partial charge in [-0.25, -0.2) is 9.18 Å². The summed E-state index contributed by atoms with van der Waals surface area (Å²) in [7, 11) is 1.11. The molecule has 0 aliphatic carbocycles. The number of halogens is 1. The number of hydrogen-bond acceptors (Lipinski definition) is 6. The molecule has 0 fully saturated rings. The Kier molecular flexibility index (Phi) is 4.38. The minimum absolute atomic E-state index is 0.00409. The van der Waals surface area contributed by atoms with Crippen molar-refractivity contribution < 1.29 is 24.0 Å². The summed E-state index contributed by atoms with van der Waals surface area (Å²) >= 11 is 0. The van der Waals surface area contributed by atoms with E-state index in [1.807, 2.05) is 0 Å². The number of nitrogens with zero attached hydrogens (tertiary/aromatic N) is 1.